The largest absolute Gasteiger partial charge is 0.383 e. The monoisotopic (exact) mass is 312 g/mol. The van der Waals surface area contributed by atoms with Crippen LogP contribution in [0.3, 0.4) is 0 Å². The summed E-state index contributed by atoms with van der Waals surface area (Å²) in [5.41, 5.74) is 2.78. The second kappa shape index (κ2) is 6.75. The van der Waals surface area contributed by atoms with E-state index < -0.39 is 0 Å². The molecule has 1 N–H and O–H groups in total. The Morgan fingerprint density at radius 3 is 2.87 bits per heavy atom. The summed E-state index contributed by atoms with van der Waals surface area (Å²) in [7, 11) is 1.59. The number of rotatable bonds is 5. The molecule has 0 saturated heterocycles. The van der Waals surface area contributed by atoms with Gasteiger partial charge in [0, 0.05) is 25.4 Å². The molecule has 0 saturated carbocycles. The third-order valence-electron chi connectivity index (χ3n) is 3.93. The number of ether oxygens (including phenoxy) is 1. The molecule has 3 rings (SSSR count). The second-order valence-corrected chi connectivity index (χ2v) is 5.58. The summed E-state index contributed by atoms with van der Waals surface area (Å²) in [4.78, 5) is 14.1. The molecule has 0 radical (unpaired) electrons. The molecule has 0 aliphatic carbocycles. The number of aromatic nitrogens is 2. The van der Waals surface area contributed by atoms with E-state index in [0.717, 1.165) is 17.9 Å². The fourth-order valence-corrected chi connectivity index (χ4v) is 2.85. The summed E-state index contributed by atoms with van der Waals surface area (Å²) in [6.45, 7) is 3.08. The van der Waals surface area contributed by atoms with Gasteiger partial charge in [-0.05, 0) is 37.1 Å². The van der Waals surface area contributed by atoms with Crippen LogP contribution in [0.1, 0.15) is 23.0 Å². The van der Waals surface area contributed by atoms with Crippen molar-refractivity contribution in [3.8, 4) is 0 Å². The maximum absolute atomic E-state index is 11.9. The smallest absolute Gasteiger partial charge is 0.271 e. The van der Waals surface area contributed by atoms with E-state index in [2.05, 4.69) is 39.5 Å². The number of nitrogens with zero attached hydrogens (tertiary/aromatic N) is 3. The van der Waals surface area contributed by atoms with E-state index >= 15 is 0 Å². The molecular weight excluding hydrogens is 292 g/mol. The van der Waals surface area contributed by atoms with Gasteiger partial charge in [0.15, 0.2) is 11.5 Å². The van der Waals surface area contributed by atoms with E-state index in [1.54, 1.807) is 13.2 Å². The van der Waals surface area contributed by atoms with Gasteiger partial charge in [0.1, 0.15) is 0 Å². The van der Waals surface area contributed by atoms with E-state index in [4.69, 9.17) is 4.74 Å². The van der Waals surface area contributed by atoms with Gasteiger partial charge in [-0.1, -0.05) is 18.2 Å². The third-order valence-corrected chi connectivity index (χ3v) is 3.93. The standard InChI is InChI=1S/C17H20N4O2/c1-12-11-13-5-3-4-6-15(13)21(12)16-8-7-14(19-20-16)17(22)18-9-10-23-2/h3-8,12H,9-11H2,1-2H3,(H,18,22). The molecule has 1 aromatic heterocycles. The van der Waals surface area contributed by atoms with Crippen molar-refractivity contribution in [3.63, 3.8) is 0 Å². The summed E-state index contributed by atoms with van der Waals surface area (Å²) in [6, 6.07) is 12.2. The van der Waals surface area contributed by atoms with Crippen LogP contribution in [0.5, 0.6) is 0 Å². The minimum absolute atomic E-state index is 0.240. The van der Waals surface area contributed by atoms with Crippen molar-refractivity contribution in [2.45, 2.75) is 19.4 Å². The van der Waals surface area contributed by atoms with Crippen molar-refractivity contribution < 1.29 is 9.53 Å². The van der Waals surface area contributed by atoms with Gasteiger partial charge in [-0.25, -0.2) is 0 Å². The number of methoxy groups -OCH3 is 1. The molecule has 1 aromatic carbocycles. The van der Waals surface area contributed by atoms with E-state index in [1.165, 1.54) is 5.56 Å². The Kier molecular flexibility index (Phi) is 4.52. The van der Waals surface area contributed by atoms with Gasteiger partial charge in [-0.3, -0.25) is 4.79 Å². The Morgan fingerprint density at radius 1 is 1.30 bits per heavy atom. The van der Waals surface area contributed by atoms with Gasteiger partial charge in [-0.2, -0.15) is 0 Å². The zero-order chi connectivity index (χ0) is 16.2. The molecule has 1 unspecified atom stereocenters. The number of hydrogen-bond donors (Lipinski definition) is 1. The number of fused-ring (bicyclic) bond motifs is 1. The summed E-state index contributed by atoms with van der Waals surface area (Å²) in [5.74, 6) is 0.520. The first kappa shape index (κ1) is 15.4. The lowest BCUT2D eigenvalue weighted by molar-refractivity contribution is 0.0931. The number of benzene rings is 1. The van der Waals surface area contributed by atoms with Crippen LogP contribution in [-0.4, -0.2) is 42.4 Å². The molecule has 6 heteroatoms. The highest BCUT2D eigenvalue weighted by Gasteiger charge is 2.27. The van der Waals surface area contributed by atoms with Gasteiger partial charge in [-0.15, -0.1) is 10.2 Å². The van der Waals surface area contributed by atoms with Crippen LogP contribution in [0.25, 0.3) is 0 Å². The lowest BCUT2D eigenvalue weighted by Gasteiger charge is -2.23. The zero-order valence-electron chi connectivity index (χ0n) is 13.3. The van der Waals surface area contributed by atoms with E-state index in [-0.39, 0.29) is 5.91 Å². The fourth-order valence-electron chi connectivity index (χ4n) is 2.85. The van der Waals surface area contributed by atoms with E-state index in [9.17, 15) is 4.79 Å². The van der Waals surface area contributed by atoms with Gasteiger partial charge in [0.05, 0.1) is 6.61 Å². The zero-order valence-corrected chi connectivity index (χ0v) is 13.3. The predicted molar refractivity (Wildman–Crippen MR) is 88.0 cm³/mol. The van der Waals surface area contributed by atoms with Gasteiger partial charge in [0.25, 0.3) is 5.91 Å². The number of anilines is 2. The summed E-state index contributed by atoms with van der Waals surface area (Å²) in [5, 5.41) is 11.0. The number of amides is 1. The van der Waals surface area contributed by atoms with Crippen molar-refractivity contribution in [1.29, 1.82) is 0 Å². The molecule has 1 aliphatic rings. The van der Waals surface area contributed by atoms with Crippen LogP contribution < -0.4 is 10.2 Å². The molecule has 0 spiro atoms. The molecule has 120 valence electrons. The number of para-hydroxylation sites is 1. The Hall–Kier alpha value is -2.47. The Balaban J connectivity index is 1.76. The van der Waals surface area contributed by atoms with Crippen molar-refractivity contribution in [2.75, 3.05) is 25.2 Å². The first-order valence-corrected chi connectivity index (χ1v) is 7.68. The van der Waals surface area contributed by atoms with Gasteiger partial charge >= 0.3 is 0 Å². The molecular formula is C17H20N4O2. The lowest BCUT2D eigenvalue weighted by Crippen LogP contribution is -2.29. The number of carbonyl (C=O) groups excluding carboxylic acids is 1. The highest BCUT2D eigenvalue weighted by Crippen LogP contribution is 2.36. The van der Waals surface area contributed by atoms with Gasteiger partial charge < -0.3 is 15.0 Å². The minimum atomic E-state index is -0.240. The number of nitrogens with one attached hydrogen (secondary N) is 1. The number of carbonyl (C=O) groups is 1. The SMILES string of the molecule is COCCNC(=O)c1ccc(N2c3ccccc3CC2C)nn1. The van der Waals surface area contributed by atoms with Crippen LogP contribution in [0.15, 0.2) is 36.4 Å². The Morgan fingerprint density at radius 2 is 2.13 bits per heavy atom. The van der Waals surface area contributed by atoms with Gasteiger partial charge in [0.2, 0.25) is 0 Å². The Bertz CT molecular complexity index is 687. The molecule has 2 aromatic rings. The molecule has 2 heterocycles. The fraction of sp³-hybridized carbons (Fsp3) is 0.353. The maximum atomic E-state index is 11.9. The molecule has 23 heavy (non-hydrogen) atoms. The Labute approximate surface area is 135 Å². The average molecular weight is 312 g/mol. The topological polar surface area (TPSA) is 67.3 Å². The average Bonchev–Trinajstić information content (AvgIpc) is 2.91. The normalized spacial score (nSPS) is 16.3. The van der Waals surface area contributed by atoms with Crippen molar-refractivity contribution in [3.05, 3.63) is 47.7 Å². The highest BCUT2D eigenvalue weighted by atomic mass is 16.5. The minimum Gasteiger partial charge on any atom is -0.383 e. The quantitative estimate of drug-likeness (QED) is 0.855. The highest BCUT2D eigenvalue weighted by molar-refractivity contribution is 5.92. The van der Waals surface area contributed by atoms with Crippen LogP contribution >= 0.6 is 0 Å². The van der Waals surface area contributed by atoms with Crippen molar-refractivity contribution in [2.24, 2.45) is 0 Å². The van der Waals surface area contributed by atoms with Crippen molar-refractivity contribution >= 4 is 17.4 Å². The molecule has 1 aliphatic heterocycles. The van der Waals surface area contributed by atoms with Crippen LogP contribution in [-0.2, 0) is 11.2 Å². The maximum Gasteiger partial charge on any atom is 0.271 e. The number of hydrogen-bond acceptors (Lipinski definition) is 5. The first-order valence-electron chi connectivity index (χ1n) is 7.68. The van der Waals surface area contributed by atoms with E-state index in [1.807, 2.05) is 18.2 Å². The third kappa shape index (κ3) is 3.17. The molecule has 1 atom stereocenters. The molecule has 0 fully saturated rings. The van der Waals surface area contributed by atoms with Crippen molar-refractivity contribution in [1.82, 2.24) is 15.5 Å². The molecule has 0 bridgehead atoms. The second-order valence-electron chi connectivity index (χ2n) is 5.58. The van der Waals surface area contributed by atoms with Crippen LogP contribution in [0.2, 0.25) is 0 Å². The molecule has 1 amide bonds. The van der Waals surface area contributed by atoms with E-state index in [0.29, 0.717) is 24.9 Å². The molecule has 6 nitrogen and oxygen atoms in total. The summed E-state index contributed by atoms with van der Waals surface area (Å²) >= 11 is 0. The first-order chi connectivity index (χ1) is 11.2. The summed E-state index contributed by atoms with van der Waals surface area (Å²) < 4.78 is 4.90. The van der Waals surface area contributed by atoms with Crippen LogP contribution in [0, 0.1) is 0 Å². The lowest BCUT2D eigenvalue weighted by atomic mass is 10.1. The summed E-state index contributed by atoms with van der Waals surface area (Å²) in [6.07, 6.45) is 0.983. The van der Waals surface area contributed by atoms with Crippen LogP contribution in [0.4, 0.5) is 11.5 Å². The predicted octanol–water partition coefficient (Wildman–Crippen LogP) is 1.94.